The molecule has 0 aliphatic heterocycles. The zero-order chi connectivity index (χ0) is 15.2. The van der Waals surface area contributed by atoms with Gasteiger partial charge in [-0.15, -0.1) is 0 Å². The third-order valence-electron chi connectivity index (χ3n) is 3.56. The van der Waals surface area contributed by atoms with Gasteiger partial charge in [0.25, 0.3) is 0 Å². The van der Waals surface area contributed by atoms with Crippen LogP contribution in [0.3, 0.4) is 0 Å². The van der Waals surface area contributed by atoms with Gasteiger partial charge in [0, 0.05) is 11.6 Å². The third kappa shape index (κ3) is 3.82. The number of benzene rings is 2. The third-order valence-corrected chi connectivity index (χ3v) is 3.56. The van der Waals surface area contributed by atoms with Crippen molar-refractivity contribution < 1.29 is 9.13 Å². The highest BCUT2D eigenvalue weighted by atomic mass is 19.1. The number of methoxy groups -OCH3 is 1. The molecule has 1 N–H and O–H groups in total. The van der Waals surface area contributed by atoms with Crippen molar-refractivity contribution in [3.63, 3.8) is 0 Å². The molecule has 2 rings (SSSR count). The molecule has 0 bridgehead atoms. The van der Waals surface area contributed by atoms with E-state index in [4.69, 9.17) is 4.74 Å². The maximum atomic E-state index is 14.5. The van der Waals surface area contributed by atoms with Crippen molar-refractivity contribution in [1.82, 2.24) is 5.32 Å². The molecule has 0 spiro atoms. The topological polar surface area (TPSA) is 21.3 Å². The number of ether oxygens (including phenoxy) is 1. The van der Waals surface area contributed by atoms with Crippen LogP contribution in [0.2, 0.25) is 0 Å². The minimum absolute atomic E-state index is 0.0631. The molecule has 0 saturated heterocycles. The highest BCUT2D eigenvalue weighted by Gasteiger charge is 2.18. The van der Waals surface area contributed by atoms with Crippen LogP contribution in [-0.4, -0.2) is 13.7 Å². The largest absolute Gasteiger partial charge is 0.494 e. The smallest absolute Gasteiger partial charge is 0.169 e. The number of hydrogen-bond acceptors (Lipinski definition) is 2. The molecule has 2 aromatic carbocycles. The normalized spacial score (nSPS) is 12.2. The molecular formula is C18H22FNO. The lowest BCUT2D eigenvalue weighted by Crippen LogP contribution is -2.24. The Labute approximate surface area is 126 Å². The number of hydrogen-bond donors (Lipinski definition) is 1. The number of rotatable bonds is 6. The molecule has 0 fully saturated rings. The summed E-state index contributed by atoms with van der Waals surface area (Å²) in [7, 11) is 1.49. The minimum Gasteiger partial charge on any atom is -0.494 e. The zero-order valence-corrected chi connectivity index (χ0v) is 12.8. The average Bonchev–Trinajstić information content (AvgIpc) is 2.47. The predicted octanol–water partition coefficient (Wildman–Crippen LogP) is 4.04. The van der Waals surface area contributed by atoms with E-state index in [9.17, 15) is 4.39 Å². The van der Waals surface area contributed by atoms with Crippen LogP contribution in [-0.2, 0) is 6.42 Å². The van der Waals surface area contributed by atoms with E-state index in [1.807, 2.05) is 25.1 Å². The summed E-state index contributed by atoms with van der Waals surface area (Å²) in [6.45, 7) is 4.88. The van der Waals surface area contributed by atoms with Gasteiger partial charge >= 0.3 is 0 Å². The van der Waals surface area contributed by atoms with E-state index < -0.39 is 0 Å². The molecule has 0 aliphatic rings. The van der Waals surface area contributed by atoms with Crippen molar-refractivity contribution in [3.05, 3.63) is 65.0 Å². The van der Waals surface area contributed by atoms with Crippen LogP contribution in [0.15, 0.2) is 42.5 Å². The Balaban J connectivity index is 2.31. The summed E-state index contributed by atoms with van der Waals surface area (Å²) < 4.78 is 19.5. The van der Waals surface area contributed by atoms with Gasteiger partial charge < -0.3 is 10.1 Å². The standard InChI is InChI=1S/C18H22FNO/c1-4-20-16(12-14-8-5-7-13(2)11-14)15-9-6-10-17(21-3)18(15)19/h5-11,16,20H,4,12H2,1-3H3. The monoisotopic (exact) mass is 287 g/mol. The summed E-state index contributed by atoms with van der Waals surface area (Å²) in [6.07, 6.45) is 0.750. The van der Waals surface area contributed by atoms with Crippen LogP contribution < -0.4 is 10.1 Å². The molecule has 0 saturated carbocycles. The summed E-state index contributed by atoms with van der Waals surface area (Å²) in [6, 6.07) is 13.6. The van der Waals surface area contributed by atoms with E-state index in [0.29, 0.717) is 11.3 Å². The molecule has 0 amide bonds. The fraction of sp³-hybridized carbons (Fsp3) is 0.333. The fourth-order valence-electron chi connectivity index (χ4n) is 2.57. The Morgan fingerprint density at radius 1 is 1.19 bits per heavy atom. The van der Waals surface area contributed by atoms with Crippen LogP contribution in [0.25, 0.3) is 0 Å². The number of halogens is 1. The summed E-state index contributed by atoms with van der Waals surface area (Å²) in [5.74, 6) is 0.0123. The Bertz CT molecular complexity index is 598. The van der Waals surface area contributed by atoms with Crippen LogP contribution in [0, 0.1) is 12.7 Å². The Morgan fingerprint density at radius 3 is 2.62 bits per heavy atom. The number of aryl methyl sites for hydroxylation is 1. The lowest BCUT2D eigenvalue weighted by atomic mass is 9.97. The van der Waals surface area contributed by atoms with Crippen LogP contribution >= 0.6 is 0 Å². The molecule has 0 radical (unpaired) electrons. The van der Waals surface area contributed by atoms with Gasteiger partial charge in [0.05, 0.1) is 7.11 Å². The molecule has 2 aromatic rings. The van der Waals surface area contributed by atoms with Gasteiger partial charge in [-0.3, -0.25) is 0 Å². The van der Waals surface area contributed by atoms with Gasteiger partial charge in [0.1, 0.15) is 0 Å². The van der Waals surface area contributed by atoms with Gasteiger partial charge in [-0.05, 0) is 31.5 Å². The lowest BCUT2D eigenvalue weighted by Gasteiger charge is -2.20. The molecule has 0 heterocycles. The molecule has 2 nitrogen and oxygen atoms in total. The molecule has 21 heavy (non-hydrogen) atoms. The predicted molar refractivity (Wildman–Crippen MR) is 84.3 cm³/mol. The Kier molecular flexibility index (Phi) is 5.34. The van der Waals surface area contributed by atoms with Gasteiger partial charge in [0.2, 0.25) is 0 Å². The van der Waals surface area contributed by atoms with Gasteiger partial charge in [-0.2, -0.15) is 0 Å². The van der Waals surface area contributed by atoms with E-state index in [1.165, 1.54) is 18.2 Å². The highest BCUT2D eigenvalue weighted by molar-refractivity contribution is 5.34. The van der Waals surface area contributed by atoms with Crippen molar-refractivity contribution in [2.24, 2.45) is 0 Å². The maximum Gasteiger partial charge on any atom is 0.169 e. The summed E-state index contributed by atoms with van der Waals surface area (Å²) in [5, 5.41) is 3.36. The van der Waals surface area contributed by atoms with Gasteiger partial charge in [0.15, 0.2) is 11.6 Å². The van der Waals surface area contributed by atoms with Crippen molar-refractivity contribution in [3.8, 4) is 5.75 Å². The lowest BCUT2D eigenvalue weighted by molar-refractivity contribution is 0.379. The molecule has 1 atom stereocenters. The first-order valence-corrected chi connectivity index (χ1v) is 7.27. The molecule has 112 valence electrons. The van der Waals surface area contributed by atoms with E-state index >= 15 is 0 Å². The van der Waals surface area contributed by atoms with Crippen LogP contribution in [0.5, 0.6) is 5.75 Å². The zero-order valence-electron chi connectivity index (χ0n) is 12.8. The van der Waals surface area contributed by atoms with Crippen molar-refractivity contribution in [2.45, 2.75) is 26.3 Å². The van der Waals surface area contributed by atoms with E-state index in [2.05, 4.69) is 30.4 Å². The molecule has 0 aromatic heterocycles. The summed E-state index contributed by atoms with van der Waals surface area (Å²) in [5.41, 5.74) is 3.06. The quantitative estimate of drug-likeness (QED) is 0.866. The molecule has 0 aliphatic carbocycles. The fourth-order valence-corrected chi connectivity index (χ4v) is 2.57. The second-order valence-electron chi connectivity index (χ2n) is 5.17. The highest BCUT2D eigenvalue weighted by Crippen LogP contribution is 2.27. The second-order valence-corrected chi connectivity index (χ2v) is 5.17. The minimum atomic E-state index is -0.279. The van der Waals surface area contributed by atoms with Gasteiger partial charge in [-0.25, -0.2) is 4.39 Å². The molecular weight excluding hydrogens is 265 g/mol. The number of likely N-dealkylation sites (N-methyl/N-ethyl adjacent to an activating group) is 1. The molecule has 3 heteroatoms. The first kappa shape index (κ1) is 15.5. The first-order chi connectivity index (χ1) is 10.2. The van der Waals surface area contributed by atoms with Crippen molar-refractivity contribution >= 4 is 0 Å². The molecule has 1 unspecified atom stereocenters. The van der Waals surface area contributed by atoms with Gasteiger partial charge in [-0.1, -0.05) is 48.9 Å². The average molecular weight is 287 g/mol. The Morgan fingerprint density at radius 2 is 1.95 bits per heavy atom. The van der Waals surface area contributed by atoms with Crippen LogP contribution in [0.1, 0.15) is 29.7 Å². The van der Waals surface area contributed by atoms with E-state index in [-0.39, 0.29) is 11.9 Å². The van der Waals surface area contributed by atoms with Crippen LogP contribution in [0.4, 0.5) is 4.39 Å². The first-order valence-electron chi connectivity index (χ1n) is 7.27. The maximum absolute atomic E-state index is 14.5. The Hall–Kier alpha value is -1.87. The summed E-state index contributed by atoms with van der Waals surface area (Å²) >= 11 is 0. The number of nitrogens with one attached hydrogen (secondary N) is 1. The van der Waals surface area contributed by atoms with Crippen molar-refractivity contribution in [1.29, 1.82) is 0 Å². The second kappa shape index (κ2) is 7.23. The SMILES string of the molecule is CCNC(Cc1cccc(C)c1)c1cccc(OC)c1F. The van der Waals surface area contributed by atoms with E-state index in [1.54, 1.807) is 6.07 Å². The van der Waals surface area contributed by atoms with Crippen molar-refractivity contribution in [2.75, 3.05) is 13.7 Å². The summed E-state index contributed by atoms with van der Waals surface area (Å²) in [4.78, 5) is 0. The van der Waals surface area contributed by atoms with E-state index in [0.717, 1.165) is 13.0 Å².